The number of benzene rings is 2. The van der Waals surface area contributed by atoms with Crippen molar-refractivity contribution >= 4 is 10.9 Å². The van der Waals surface area contributed by atoms with E-state index in [1.54, 1.807) is 0 Å². The Morgan fingerprint density at radius 1 is 1.09 bits per heavy atom. The lowest BCUT2D eigenvalue weighted by Crippen LogP contribution is -2.07. The van der Waals surface area contributed by atoms with Crippen molar-refractivity contribution in [3.8, 4) is 11.1 Å². The number of aromatic nitrogens is 1. The third-order valence-electron chi connectivity index (χ3n) is 4.68. The quantitative estimate of drug-likeness (QED) is 0.693. The van der Waals surface area contributed by atoms with Crippen LogP contribution in [0.1, 0.15) is 23.5 Å². The van der Waals surface area contributed by atoms with Crippen LogP contribution in [0, 0.1) is 0 Å². The summed E-state index contributed by atoms with van der Waals surface area (Å²) in [5.41, 5.74) is 5.77. The van der Waals surface area contributed by atoms with E-state index in [1.165, 1.54) is 28.5 Å². The Morgan fingerprint density at radius 3 is 2.68 bits per heavy atom. The molecule has 4 rings (SSSR count). The van der Waals surface area contributed by atoms with Crippen molar-refractivity contribution in [2.45, 2.75) is 18.9 Å². The molecule has 1 aromatic heterocycles. The van der Waals surface area contributed by atoms with Gasteiger partial charge >= 0.3 is 0 Å². The lowest BCUT2D eigenvalue weighted by Gasteiger charge is -2.10. The van der Waals surface area contributed by atoms with E-state index >= 15 is 0 Å². The number of hydrogen-bond acceptors (Lipinski definition) is 2. The number of hydrogen-bond donors (Lipinski definition) is 3. The molecular weight excluding hydrogens is 272 g/mol. The highest BCUT2D eigenvalue weighted by Gasteiger charge is 2.21. The zero-order chi connectivity index (χ0) is 14.9. The molecule has 3 aromatic rings. The molecule has 1 atom stereocenters. The van der Waals surface area contributed by atoms with Crippen LogP contribution in [0.5, 0.6) is 0 Å². The lowest BCUT2D eigenvalue weighted by molar-refractivity contribution is 0.283. The maximum Gasteiger partial charge on any atom is 0.0702 e. The summed E-state index contributed by atoms with van der Waals surface area (Å²) in [6, 6.07) is 14.7. The average molecular weight is 292 g/mol. The van der Waals surface area contributed by atoms with Gasteiger partial charge in [0.1, 0.15) is 0 Å². The number of nitrogens with one attached hydrogen (secondary N) is 2. The second-order valence-corrected chi connectivity index (χ2v) is 6.02. The van der Waals surface area contributed by atoms with E-state index < -0.39 is 0 Å². The number of fused-ring (bicyclic) bond motifs is 1. The first-order valence-corrected chi connectivity index (χ1v) is 7.87. The molecule has 1 aliphatic rings. The topological polar surface area (TPSA) is 48.0 Å². The highest BCUT2D eigenvalue weighted by molar-refractivity contribution is 5.91. The van der Waals surface area contributed by atoms with Crippen molar-refractivity contribution in [1.29, 1.82) is 0 Å². The number of H-pyrrole nitrogens is 1. The molecule has 0 aliphatic carbocycles. The first-order chi connectivity index (χ1) is 10.9. The summed E-state index contributed by atoms with van der Waals surface area (Å²) in [5, 5.41) is 14.4. The van der Waals surface area contributed by atoms with Crippen LogP contribution in [-0.2, 0) is 6.61 Å². The van der Waals surface area contributed by atoms with Crippen LogP contribution in [0.25, 0.3) is 22.0 Å². The second-order valence-electron chi connectivity index (χ2n) is 6.02. The summed E-state index contributed by atoms with van der Waals surface area (Å²) in [5.74, 6) is 0.561. The minimum absolute atomic E-state index is 0.0556. The minimum atomic E-state index is 0.0556. The Labute approximate surface area is 130 Å². The zero-order valence-electron chi connectivity index (χ0n) is 12.5. The number of rotatable bonds is 3. The summed E-state index contributed by atoms with van der Waals surface area (Å²) in [6.45, 7) is 2.18. The SMILES string of the molecule is OCc1cc(-c2ccccc2)cc2c(C3CCNC3)c[nH]c12. The Morgan fingerprint density at radius 2 is 1.95 bits per heavy atom. The van der Waals surface area contributed by atoms with Gasteiger partial charge < -0.3 is 15.4 Å². The molecular formula is C19H20N2O. The maximum atomic E-state index is 9.75. The van der Waals surface area contributed by atoms with Crippen molar-refractivity contribution < 1.29 is 5.11 Å². The largest absolute Gasteiger partial charge is 0.392 e. The molecule has 3 heteroatoms. The molecule has 2 aromatic carbocycles. The molecule has 0 saturated carbocycles. The maximum absolute atomic E-state index is 9.75. The van der Waals surface area contributed by atoms with Crippen molar-refractivity contribution in [1.82, 2.24) is 10.3 Å². The molecule has 3 N–H and O–H groups in total. The normalized spacial score (nSPS) is 18.1. The first-order valence-electron chi connectivity index (χ1n) is 7.87. The lowest BCUT2D eigenvalue weighted by atomic mass is 9.94. The number of aliphatic hydroxyl groups is 1. The van der Waals surface area contributed by atoms with E-state index in [-0.39, 0.29) is 6.61 Å². The molecule has 0 spiro atoms. The Bertz CT molecular complexity index is 786. The van der Waals surface area contributed by atoms with Crippen LogP contribution in [0.2, 0.25) is 0 Å². The predicted octanol–water partition coefficient (Wildman–Crippen LogP) is 3.40. The van der Waals surface area contributed by atoms with Crippen molar-refractivity contribution in [2.24, 2.45) is 0 Å². The number of aliphatic hydroxyl groups excluding tert-OH is 1. The van der Waals surface area contributed by atoms with Gasteiger partial charge in [-0.15, -0.1) is 0 Å². The van der Waals surface area contributed by atoms with Crippen LogP contribution in [-0.4, -0.2) is 23.2 Å². The number of aromatic amines is 1. The van der Waals surface area contributed by atoms with Gasteiger partial charge in [0.05, 0.1) is 12.1 Å². The summed E-state index contributed by atoms with van der Waals surface area (Å²) < 4.78 is 0. The third kappa shape index (κ3) is 2.23. The molecule has 1 saturated heterocycles. The molecule has 22 heavy (non-hydrogen) atoms. The summed E-state index contributed by atoms with van der Waals surface area (Å²) in [4.78, 5) is 3.38. The first kappa shape index (κ1) is 13.6. The fourth-order valence-electron chi connectivity index (χ4n) is 3.51. The summed E-state index contributed by atoms with van der Waals surface area (Å²) in [6.07, 6.45) is 3.30. The van der Waals surface area contributed by atoms with Gasteiger partial charge in [0.25, 0.3) is 0 Å². The van der Waals surface area contributed by atoms with Crippen LogP contribution in [0.4, 0.5) is 0 Å². The molecule has 0 radical (unpaired) electrons. The highest BCUT2D eigenvalue weighted by Crippen LogP contribution is 2.34. The van der Waals surface area contributed by atoms with E-state index in [0.717, 1.165) is 24.2 Å². The fourth-order valence-corrected chi connectivity index (χ4v) is 3.51. The molecule has 0 bridgehead atoms. The predicted molar refractivity (Wildman–Crippen MR) is 89.9 cm³/mol. The van der Waals surface area contributed by atoms with E-state index in [2.05, 4.69) is 52.9 Å². The Kier molecular flexibility index (Phi) is 3.45. The van der Waals surface area contributed by atoms with Gasteiger partial charge in [-0.1, -0.05) is 30.3 Å². The van der Waals surface area contributed by atoms with E-state index in [4.69, 9.17) is 0 Å². The monoisotopic (exact) mass is 292 g/mol. The average Bonchev–Trinajstić information content (AvgIpc) is 3.23. The molecule has 1 aliphatic heterocycles. The van der Waals surface area contributed by atoms with E-state index in [0.29, 0.717) is 5.92 Å². The zero-order valence-corrected chi connectivity index (χ0v) is 12.5. The molecule has 3 nitrogen and oxygen atoms in total. The van der Waals surface area contributed by atoms with Crippen LogP contribution < -0.4 is 5.32 Å². The third-order valence-corrected chi connectivity index (χ3v) is 4.68. The van der Waals surface area contributed by atoms with E-state index in [9.17, 15) is 5.11 Å². The standard InChI is InChI=1S/C19H20N2O/c22-12-16-8-15(13-4-2-1-3-5-13)9-17-18(11-21-19(16)17)14-6-7-20-10-14/h1-5,8-9,11,14,20-22H,6-7,10,12H2. The summed E-state index contributed by atoms with van der Waals surface area (Å²) >= 11 is 0. The minimum Gasteiger partial charge on any atom is -0.392 e. The Hall–Kier alpha value is -2.10. The van der Waals surface area contributed by atoms with Gasteiger partial charge in [0, 0.05) is 23.7 Å². The van der Waals surface area contributed by atoms with Gasteiger partial charge in [-0.3, -0.25) is 0 Å². The fraction of sp³-hybridized carbons (Fsp3) is 0.263. The van der Waals surface area contributed by atoms with Gasteiger partial charge in [-0.05, 0) is 47.7 Å². The smallest absolute Gasteiger partial charge is 0.0702 e. The molecule has 2 heterocycles. The van der Waals surface area contributed by atoms with Crippen LogP contribution >= 0.6 is 0 Å². The van der Waals surface area contributed by atoms with E-state index in [1.807, 2.05) is 6.07 Å². The molecule has 0 amide bonds. The Balaban J connectivity index is 1.90. The molecule has 1 fully saturated rings. The van der Waals surface area contributed by atoms with Crippen LogP contribution in [0.3, 0.4) is 0 Å². The highest BCUT2D eigenvalue weighted by atomic mass is 16.3. The summed E-state index contributed by atoms with van der Waals surface area (Å²) in [7, 11) is 0. The van der Waals surface area contributed by atoms with Gasteiger partial charge in [0.2, 0.25) is 0 Å². The van der Waals surface area contributed by atoms with Gasteiger partial charge in [0.15, 0.2) is 0 Å². The van der Waals surface area contributed by atoms with Gasteiger partial charge in [-0.2, -0.15) is 0 Å². The van der Waals surface area contributed by atoms with Crippen LogP contribution in [0.15, 0.2) is 48.7 Å². The van der Waals surface area contributed by atoms with Crippen molar-refractivity contribution in [3.63, 3.8) is 0 Å². The van der Waals surface area contributed by atoms with Crippen molar-refractivity contribution in [3.05, 3.63) is 59.8 Å². The van der Waals surface area contributed by atoms with Crippen molar-refractivity contribution in [2.75, 3.05) is 13.1 Å². The van der Waals surface area contributed by atoms with Gasteiger partial charge in [-0.25, -0.2) is 0 Å². The molecule has 1 unspecified atom stereocenters. The second kappa shape index (κ2) is 5.59. The molecule has 112 valence electrons.